The largest absolute Gasteiger partial charge is 0.483 e. The van der Waals surface area contributed by atoms with Crippen LogP contribution in [-0.4, -0.2) is 50.9 Å². The highest BCUT2D eigenvalue weighted by atomic mass is 16.2. The van der Waals surface area contributed by atoms with Crippen LogP contribution in [-0.2, 0) is 0 Å². The fourth-order valence-electron chi connectivity index (χ4n) is 5.32. The Labute approximate surface area is 239 Å². The van der Waals surface area contributed by atoms with Gasteiger partial charge in [-0.15, -0.1) is 22.5 Å². The maximum absolute atomic E-state index is 7.00. The smallest absolute Gasteiger partial charge is 0.400 e. The zero-order valence-corrected chi connectivity index (χ0v) is 25.0. The first kappa shape index (κ1) is 30.5. The Kier molecular flexibility index (Phi) is 10.5. The molecule has 0 radical (unpaired) electrons. The Morgan fingerprint density at radius 1 is 1.10 bits per heavy atom. The third-order valence-electron chi connectivity index (χ3n) is 6.93. The van der Waals surface area contributed by atoms with Crippen molar-refractivity contribution >= 4 is 29.8 Å². The van der Waals surface area contributed by atoms with Crippen LogP contribution in [0.25, 0.3) is 5.57 Å². The van der Waals surface area contributed by atoms with Crippen LogP contribution in [0.1, 0.15) is 62.0 Å². The van der Waals surface area contributed by atoms with E-state index in [2.05, 4.69) is 91.1 Å². The maximum Gasteiger partial charge on any atom is 0.483 e. The van der Waals surface area contributed by atoms with Crippen LogP contribution in [0.3, 0.4) is 0 Å². The van der Waals surface area contributed by atoms with E-state index in [1.165, 1.54) is 33.8 Å². The number of nitrogens with zero attached hydrogens (tertiary/aromatic N) is 4. The molecule has 8 heteroatoms. The number of hydrazine groups is 1. The molecule has 0 unspecified atom stereocenters. The molecule has 1 aromatic heterocycles. The number of aliphatic hydroxyl groups excluding tert-OH is 1. The summed E-state index contributed by atoms with van der Waals surface area (Å²) in [6, 6.07) is 12.2. The average molecular weight is 538 g/mol. The predicted octanol–water partition coefficient (Wildman–Crippen LogP) is 5.92. The molecule has 4 rings (SSSR count). The van der Waals surface area contributed by atoms with Gasteiger partial charge in [0.1, 0.15) is 0 Å². The Balaban J connectivity index is 0.00000216. The van der Waals surface area contributed by atoms with Gasteiger partial charge in [0.25, 0.3) is 0 Å². The van der Waals surface area contributed by atoms with Gasteiger partial charge in [-0.3, -0.25) is 9.91 Å². The van der Waals surface area contributed by atoms with E-state index in [-0.39, 0.29) is 0 Å². The topological polar surface area (TPSA) is 79.0 Å². The minimum absolute atomic E-state index is 0.351. The summed E-state index contributed by atoms with van der Waals surface area (Å²) in [5.74, 6) is 4.19. The number of rotatable bonds is 9. The Morgan fingerprint density at radius 2 is 1.80 bits per heavy atom. The molecule has 208 valence electrons. The molecule has 0 bridgehead atoms. The zero-order valence-electron chi connectivity index (χ0n) is 25.0. The van der Waals surface area contributed by atoms with Crippen molar-refractivity contribution < 1.29 is 9.59 Å². The van der Waals surface area contributed by atoms with Gasteiger partial charge in [0, 0.05) is 61.1 Å². The Morgan fingerprint density at radius 3 is 2.40 bits per heavy atom. The monoisotopic (exact) mass is 537 g/mol. The van der Waals surface area contributed by atoms with Crippen LogP contribution in [0.15, 0.2) is 76.2 Å². The summed E-state index contributed by atoms with van der Waals surface area (Å²) in [6.07, 6.45) is 10.6. The van der Waals surface area contributed by atoms with Crippen LogP contribution < -0.4 is 5.43 Å². The first-order valence-electron chi connectivity index (χ1n) is 13.7. The SMILES string of the molecule is C#CCCC1=NN=C(c2ccccc2)NN1C(=C)CC/C(=C1\C(C)=CC(C)=[N+]1B(C)C)c1[nH]c(C)cc1C.CO. The van der Waals surface area contributed by atoms with Crippen LogP contribution in [0, 0.1) is 26.2 Å². The summed E-state index contributed by atoms with van der Waals surface area (Å²) < 4.78 is 2.45. The van der Waals surface area contributed by atoms with Gasteiger partial charge in [0.05, 0.1) is 5.69 Å². The molecule has 1 aromatic carbocycles. The summed E-state index contributed by atoms with van der Waals surface area (Å²) in [4.78, 5) is 3.64. The van der Waals surface area contributed by atoms with Gasteiger partial charge in [0.15, 0.2) is 23.1 Å². The molecule has 3 heterocycles. The number of aromatic nitrogens is 1. The molecule has 0 saturated carbocycles. The number of H-pyrrole nitrogens is 1. The predicted molar refractivity (Wildman–Crippen MR) is 169 cm³/mol. The summed E-state index contributed by atoms with van der Waals surface area (Å²) in [5.41, 5.74) is 14.1. The summed E-state index contributed by atoms with van der Waals surface area (Å²) in [7, 11) is 1.00. The highest BCUT2D eigenvalue weighted by molar-refractivity contribution is 6.48. The molecule has 0 atom stereocenters. The van der Waals surface area contributed by atoms with Gasteiger partial charge >= 0.3 is 6.85 Å². The van der Waals surface area contributed by atoms with Crippen molar-refractivity contribution in [1.82, 2.24) is 15.4 Å². The molecule has 40 heavy (non-hydrogen) atoms. The third kappa shape index (κ3) is 6.73. The number of hydrogen-bond donors (Lipinski definition) is 3. The van der Waals surface area contributed by atoms with Crippen molar-refractivity contribution in [3.63, 3.8) is 0 Å². The fraction of sp³-hybridized carbons (Fsp3) is 0.344. The van der Waals surface area contributed by atoms with Crippen molar-refractivity contribution in [2.75, 3.05) is 7.11 Å². The van der Waals surface area contributed by atoms with Gasteiger partial charge < -0.3 is 10.1 Å². The van der Waals surface area contributed by atoms with Crippen molar-refractivity contribution in [2.45, 2.75) is 67.0 Å². The maximum atomic E-state index is 7.00. The van der Waals surface area contributed by atoms with E-state index >= 15 is 0 Å². The summed E-state index contributed by atoms with van der Waals surface area (Å²) in [5, 5.41) is 18.0. The first-order chi connectivity index (χ1) is 19.2. The molecular weight excluding hydrogens is 495 g/mol. The molecule has 2 aromatic rings. The summed E-state index contributed by atoms with van der Waals surface area (Å²) >= 11 is 0. The van der Waals surface area contributed by atoms with Crippen LogP contribution in [0.2, 0.25) is 13.6 Å². The van der Waals surface area contributed by atoms with E-state index in [9.17, 15) is 0 Å². The van der Waals surface area contributed by atoms with E-state index in [1.807, 2.05) is 35.3 Å². The molecule has 3 N–H and O–H groups in total. The second-order valence-corrected chi connectivity index (χ2v) is 10.3. The molecule has 0 spiro atoms. The average Bonchev–Trinajstić information content (AvgIpc) is 3.45. The minimum atomic E-state index is 0.351. The number of amidine groups is 2. The molecule has 0 saturated heterocycles. The molecule has 0 aliphatic carbocycles. The van der Waals surface area contributed by atoms with Gasteiger partial charge in [0.2, 0.25) is 0 Å². The zero-order chi connectivity index (χ0) is 29.4. The second-order valence-electron chi connectivity index (χ2n) is 10.3. The molecule has 0 amide bonds. The molecule has 0 fully saturated rings. The van der Waals surface area contributed by atoms with E-state index in [0.29, 0.717) is 25.5 Å². The Hall–Kier alpha value is -4.09. The lowest BCUT2D eigenvalue weighted by molar-refractivity contribution is -0.319. The number of benzene rings is 1. The number of aryl methyl sites for hydroxylation is 2. The van der Waals surface area contributed by atoms with E-state index in [4.69, 9.17) is 11.5 Å². The summed E-state index contributed by atoms with van der Waals surface area (Å²) in [6.45, 7) is 18.0. The standard InChI is InChI=1S/C31H37BN6.CH4O/c1-9-10-16-28-34-35-31(26-14-12-11-13-15-26)36-38(28)24(5)17-18-27(29-21(2)19-23(4)33-29)30-22(3)20-25(6)37(30)32(7)8;1-2/h1,11-15,19-20H,5,10,16-18H2,2-4,6-8H3,(H,35,36);2H,1H3/p+1. The van der Waals surface area contributed by atoms with Gasteiger partial charge in [-0.1, -0.05) is 36.9 Å². The van der Waals surface area contributed by atoms with Gasteiger partial charge in [-0.25, -0.2) is 5.01 Å². The normalized spacial score (nSPS) is 15.8. The van der Waals surface area contributed by atoms with E-state index in [0.717, 1.165) is 42.7 Å². The van der Waals surface area contributed by atoms with Crippen molar-refractivity contribution in [3.05, 3.63) is 88.5 Å². The highest BCUT2D eigenvalue weighted by Crippen LogP contribution is 2.34. The van der Waals surface area contributed by atoms with E-state index in [1.54, 1.807) is 0 Å². The molecule has 7 nitrogen and oxygen atoms in total. The van der Waals surface area contributed by atoms with E-state index < -0.39 is 0 Å². The number of allylic oxidation sites excluding steroid dienone is 4. The number of hydrogen-bond acceptors (Lipinski definition) is 5. The molecule has 2 aliphatic rings. The van der Waals surface area contributed by atoms with Gasteiger partial charge in [-0.2, -0.15) is 0 Å². The fourth-order valence-corrected chi connectivity index (χ4v) is 5.32. The van der Waals surface area contributed by atoms with Gasteiger partial charge in [-0.05, 0) is 58.9 Å². The second kappa shape index (κ2) is 13.8. The molecule has 2 aliphatic heterocycles. The van der Waals surface area contributed by atoms with Crippen molar-refractivity contribution in [2.24, 2.45) is 10.2 Å². The lowest BCUT2D eigenvalue weighted by Crippen LogP contribution is -2.47. The highest BCUT2D eigenvalue weighted by Gasteiger charge is 2.34. The number of nitrogens with one attached hydrogen (secondary N) is 2. The minimum Gasteiger partial charge on any atom is -0.400 e. The van der Waals surface area contributed by atoms with Crippen LogP contribution in [0.5, 0.6) is 0 Å². The Bertz CT molecular complexity index is 1430. The number of aromatic amines is 1. The van der Waals surface area contributed by atoms with Crippen LogP contribution >= 0.6 is 0 Å². The lowest BCUT2D eigenvalue weighted by Gasteiger charge is -2.31. The quantitative estimate of drug-likeness (QED) is 0.274. The number of aliphatic hydroxyl groups is 1. The third-order valence-corrected chi connectivity index (χ3v) is 6.93. The first-order valence-corrected chi connectivity index (χ1v) is 13.7. The lowest BCUT2D eigenvalue weighted by atomic mass is 9.66. The number of terminal acetylenes is 1. The van der Waals surface area contributed by atoms with Crippen molar-refractivity contribution in [3.8, 4) is 12.3 Å². The van der Waals surface area contributed by atoms with Crippen LogP contribution in [0.4, 0.5) is 0 Å². The molecular formula is C32H42BN6O+. The van der Waals surface area contributed by atoms with Crippen molar-refractivity contribution in [1.29, 1.82) is 0 Å².